The molecule has 0 bridgehead atoms. The summed E-state index contributed by atoms with van der Waals surface area (Å²) in [7, 11) is 0. The topological polar surface area (TPSA) is 76.8 Å². The SMILES string of the molecule is Cc1ncsc1C(=O)N1CCC[C@H](c2cncc(-n3ccnc3)n2)C1. The molecule has 0 aromatic carbocycles. The van der Waals surface area contributed by atoms with Gasteiger partial charge in [-0.3, -0.25) is 14.3 Å². The average Bonchev–Trinajstić information content (AvgIpc) is 3.33. The second kappa shape index (κ2) is 6.72. The maximum absolute atomic E-state index is 12.8. The van der Waals surface area contributed by atoms with E-state index in [1.54, 1.807) is 30.4 Å². The molecule has 1 fully saturated rings. The molecule has 0 radical (unpaired) electrons. The third-order valence-corrected chi connectivity index (χ3v) is 5.39. The molecule has 0 N–H and O–H groups in total. The zero-order valence-electron chi connectivity index (χ0n) is 13.9. The molecule has 1 amide bonds. The Morgan fingerprint density at radius 1 is 1.32 bits per heavy atom. The van der Waals surface area contributed by atoms with E-state index in [1.165, 1.54) is 11.3 Å². The monoisotopic (exact) mass is 354 g/mol. The molecule has 0 unspecified atom stereocenters. The number of likely N-dealkylation sites (tertiary alicyclic amines) is 1. The maximum atomic E-state index is 12.8. The van der Waals surface area contributed by atoms with Crippen LogP contribution < -0.4 is 0 Å². The van der Waals surface area contributed by atoms with Crippen LogP contribution >= 0.6 is 11.3 Å². The van der Waals surface area contributed by atoms with Gasteiger partial charge in [0, 0.05) is 37.6 Å². The number of piperidine rings is 1. The molecule has 0 aliphatic carbocycles. The van der Waals surface area contributed by atoms with Crippen molar-refractivity contribution in [2.24, 2.45) is 0 Å². The highest BCUT2D eigenvalue weighted by molar-refractivity contribution is 7.11. The van der Waals surface area contributed by atoms with Crippen molar-refractivity contribution in [2.45, 2.75) is 25.7 Å². The summed E-state index contributed by atoms with van der Waals surface area (Å²) >= 11 is 1.41. The van der Waals surface area contributed by atoms with Gasteiger partial charge in [-0.1, -0.05) is 0 Å². The molecule has 1 atom stereocenters. The molecule has 0 spiro atoms. The number of aromatic nitrogens is 5. The van der Waals surface area contributed by atoms with Crippen LogP contribution in [-0.4, -0.2) is 48.4 Å². The Morgan fingerprint density at radius 3 is 3.00 bits per heavy atom. The van der Waals surface area contributed by atoms with Gasteiger partial charge < -0.3 is 4.90 Å². The quantitative estimate of drug-likeness (QED) is 0.722. The van der Waals surface area contributed by atoms with Crippen LogP contribution in [0.2, 0.25) is 0 Å². The summed E-state index contributed by atoms with van der Waals surface area (Å²) in [6.45, 7) is 3.32. The molecule has 1 saturated heterocycles. The normalized spacial score (nSPS) is 17.6. The third-order valence-electron chi connectivity index (χ3n) is 4.48. The van der Waals surface area contributed by atoms with Gasteiger partial charge in [0.1, 0.15) is 11.2 Å². The molecule has 128 valence electrons. The fourth-order valence-corrected chi connectivity index (χ4v) is 3.91. The number of hydrogen-bond acceptors (Lipinski definition) is 6. The summed E-state index contributed by atoms with van der Waals surface area (Å²) in [5, 5.41) is 0. The van der Waals surface area contributed by atoms with Crippen LogP contribution in [0.3, 0.4) is 0 Å². The zero-order valence-corrected chi connectivity index (χ0v) is 14.7. The number of hydrogen-bond donors (Lipinski definition) is 0. The van der Waals surface area contributed by atoms with E-state index in [-0.39, 0.29) is 11.8 Å². The van der Waals surface area contributed by atoms with Crippen molar-refractivity contribution < 1.29 is 4.79 Å². The molecule has 3 aromatic rings. The number of nitrogens with zero attached hydrogens (tertiary/aromatic N) is 6. The molecule has 1 aliphatic heterocycles. The summed E-state index contributed by atoms with van der Waals surface area (Å²) in [6, 6.07) is 0. The van der Waals surface area contributed by atoms with Gasteiger partial charge in [0.15, 0.2) is 5.82 Å². The number of carbonyl (C=O) groups excluding carboxylic acids is 1. The Hall–Kier alpha value is -2.61. The van der Waals surface area contributed by atoms with Crippen molar-refractivity contribution in [1.29, 1.82) is 0 Å². The molecule has 4 rings (SSSR count). The van der Waals surface area contributed by atoms with Crippen LogP contribution in [0.4, 0.5) is 0 Å². The lowest BCUT2D eigenvalue weighted by atomic mass is 9.95. The van der Waals surface area contributed by atoms with Gasteiger partial charge in [-0.15, -0.1) is 11.3 Å². The van der Waals surface area contributed by atoms with E-state index in [9.17, 15) is 4.79 Å². The lowest BCUT2D eigenvalue weighted by Crippen LogP contribution is -2.39. The van der Waals surface area contributed by atoms with Crippen molar-refractivity contribution in [3.63, 3.8) is 0 Å². The molecule has 0 saturated carbocycles. The number of imidazole rings is 1. The number of rotatable bonds is 3. The van der Waals surface area contributed by atoms with E-state index in [0.29, 0.717) is 6.54 Å². The average molecular weight is 354 g/mol. The van der Waals surface area contributed by atoms with E-state index < -0.39 is 0 Å². The summed E-state index contributed by atoms with van der Waals surface area (Å²) in [6.07, 6.45) is 10.8. The van der Waals surface area contributed by atoms with Gasteiger partial charge in [-0.25, -0.2) is 15.0 Å². The number of aryl methyl sites for hydroxylation is 1. The number of carbonyl (C=O) groups is 1. The first-order valence-corrected chi connectivity index (χ1v) is 9.10. The highest BCUT2D eigenvalue weighted by atomic mass is 32.1. The van der Waals surface area contributed by atoms with Crippen LogP contribution in [0.15, 0.2) is 36.6 Å². The molecular weight excluding hydrogens is 336 g/mol. The van der Waals surface area contributed by atoms with Gasteiger partial charge in [0.05, 0.1) is 23.1 Å². The first-order chi connectivity index (χ1) is 12.2. The van der Waals surface area contributed by atoms with E-state index in [2.05, 4.69) is 15.0 Å². The lowest BCUT2D eigenvalue weighted by Gasteiger charge is -2.32. The first-order valence-electron chi connectivity index (χ1n) is 8.22. The molecule has 1 aliphatic rings. The Balaban J connectivity index is 1.55. The van der Waals surface area contributed by atoms with Crippen molar-refractivity contribution in [2.75, 3.05) is 13.1 Å². The summed E-state index contributed by atoms with van der Waals surface area (Å²) in [5.41, 5.74) is 3.45. The maximum Gasteiger partial charge on any atom is 0.265 e. The smallest absolute Gasteiger partial charge is 0.265 e. The summed E-state index contributed by atoms with van der Waals surface area (Å²) in [4.78, 5) is 32.7. The Kier molecular flexibility index (Phi) is 4.27. The van der Waals surface area contributed by atoms with Gasteiger partial charge >= 0.3 is 0 Å². The summed E-state index contributed by atoms with van der Waals surface area (Å²) in [5.74, 6) is 1.02. The van der Waals surface area contributed by atoms with Crippen LogP contribution in [0.1, 0.15) is 39.8 Å². The number of thiazole rings is 1. The molecule has 4 heterocycles. The van der Waals surface area contributed by atoms with Crippen molar-refractivity contribution in [3.8, 4) is 5.82 Å². The minimum absolute atomic E-state index is 0.0726. The largest absolute Gasteiger partial charge is 0.337 e. The van der Waals surface area contributed by atoms with E-state index in [1.807, 2.05) is 22.6 Å². The van der Waals surface area contributed by atoms with Crippen LogP contribution in [0.5, 0.6) is 0 Å². The minimum atomic E-state index is 0.0726. The van der Waals surface area contributed by atoms with Crippen molar-refractivity contribution in [1.82, 2.24) is 29.4 Å². The molecule has 8 heteroatoms. The van der Waals surface area contributed by atoms with Gasteiger partial charge in [0.2, 0.25) is 0 Å². The van der Waals surface area contributed by atoms with E-state index >= 15 is 0 Å². The van der Waals surface area contributed by atoms with Gasteiger partial charge in [-0.05, 0) is 19.8 Å². The van der Waals surface area contributed by atoms with Crippen molar-refractivity contribution in [3.05, 3.63) is 52.9 Å². The van der Waals surface area contributed by atoms with Gasteiger partial charge in [-0.2, -0.15) is 0 Å². The highest BCUT2D eigenvalue weighted by Gasteiger charge is 2.28. The fourth-order valence-electron chi connectivity index (χ4n) is 3.14. The predicted molar refractivity (Wildman–Crippen MR) is 93.9 cm³/mol. The molecule has 25 heavy (non-hydrogen) atoms. The summed E-state index contributed by atoms with van der Waals surface area (Å²) < 4.78 is 1.84. The Bertz CT molecular complexity index is 875. The second-order valence-corrected chi connectivity index (χ2v) is 6.98. The van der Waals surface area contributed by atoms with Crippen molar-refractivity contribution >= 4 is 17.2 Å². The van der Waals surface area contributed by atoms with E-state index in [4.69, 9.17) is 4.98 Å². The van der Waals surface area contributed by atoms with Crippen LogP contribution in [0, 0.1) is 6.92 Å². The third kappa shape index (κ3) is 3.17. The molecule has 3 aromatic heterocycles. The van der Waals surface area contributed by atoms with Crippen LogP contribution in [0.25, 0.3) is 5.82 Å². The molecule has 7 nitrogen and oxygen atoms in total. The Labute approximate surface area is 149 Å². The minimum Gasteiger partial charge on any atom is -0.337 e. The molecular formula is C17H18N6OS. The second-order valence-electron chi connectivity index (χ2n) is 6.13. The van der Waals surface area contributed by atoms with Crippen LogP contribution in [-0.2, 0) is 0 Å². The number of amides is 1. The highest BCUT2D eigenvalue weighted by Crippen LogP contribution is 2.27. The standard InChI is InChI=1S/C17H18N6OS/c1-12-16(25-11-20-12)17(24)22-5-2-3-13(9-22)14-7-19-8-15(21-14)23-6-4-18-10-23/h4,6-8,10-11,13H,2-3,5,9H2,1H3/t13-/m0/s1. The lowest BCUT2D eigenvalue weighted by molar-refractivity contribution is 0.0709. The first kappa shape index (κ1) is 15.9. The zero-order chi connectivity index (χ0) is 17.2. The predicted octanol–water partition coefficient (Wildman–Crippen LogP) is 2.45. The Morgan fingerprint density at radius 2 is 2.24 bits per heavy atom. The van der Waals surface area contributed by atoms with E-state index in [0.717, 1.165) is 41.5 Å². The van der Waals surface area contributed by atoms with Gasteiger partial charge in [0.25, 0.3) is 5.91 Å². The fraction of sp³-hybridized carbons (Fsp3) is 0.353.